The van der Waals surface area contributed by atoms with Gasteiger partial charge in [-0.15, -0.1) is 0 Å². The zero-order valence-corrected chi connectivity index (χ0v) is 16.6. The molecular formula is C22H18N4O5. The molecule has 0 fully saturated rings. The van der Waals surface area contributed by atoms with Crippen molar-refractivity contribution in [1.29, 1.82) is 0 Å². The third-order valence-electron chi connectivity index (χ3n) is 4.80. The van der Waals surface area contributed by atoms with Crippen LogP contribution in [-0.4, -0.2) is 32.0 Å². The Morgan fingerprint density at radius 1 is 1.19 bits per heavy atom. The topological polar surface area (TPSA) is 120 Å². The van der Waals surface area contributed by atoms with Crippen LogP contribution in [0.4, 0.5) is 5.69 Å². The van der Waals surface area contributed by atoms with Crippen molar-refractivity contribution >= 4 is 22.6 Å². The van der Waals surface area contributed by atoms with E-state index in [1.54, 1.807) is 35.9 Å². The first kappa shape index (κ1) is 20.0. The Hall–Kier alpha value is -4.27. The number of fused-ring (bicyclic) bond motifs is 1. The lowest BCUT2D eigenvalue weighted by Crippen LogP contribution is -2.13. The number of esters is 1. The average Bonchev–Trinajstić information content (AvgIpc) is 3.12. The third-order valence-corrected chi connectivity index (χ3v) is 4.80. The molecule has 2 heterocycles. The van der Waals surface area contributed by atoms with Crippen LogP contribution in [-0.2, 0) is 16.1 Å². The predicted molar refractivity (Wildman–Crippen MR) is 115 cm³/mol. The van der Waals surface area contributed by atoms with Gasteiger partial charge in [-0.1, -0.05) is 18.2 Å². The van der Waals surface area contributed by atoms with Crippen molar-refractivity contribution in [2.75, 3.05) is 6.61 Å². The number of aromatic nitrogens is 3. The Bertz CT molecular complexity index is 1340. The molecule has 9 heteroatoms. The SMILES string of the molecule is CCOC(=O)Cn1cc(-c2cc(-c3ccc([N+](=O)[O-])cc3)nc(=O)[nH]2)c2ccccc21. The molecule has 9 nitrogen and oxygen atoms in total. The number of aromatic amines is 1. The maximum Gasteiger partial charge on any atom is 0.345 e. The fourth-order valence-electron chi connectivity index (χ4n) is 3.44. The molecule has 0 bridgehead atoms. The van der Waals surface area contributed by atoms with Gasteiger partial charge in [0.25, 0.3) is 5.69 Å². The van der Waals surface area contributed by atoms with Crippen molar-refractivity contribution in [2.45, 2.75) is 13.5 Å². The van der Waals surface area contributed by atoms with Crippen LogP contribution in [0.5, 0.6) is 0 Å². The second-order valence-corrected chi connectivity index (χ2v) is 6.78. The summed E-state index contributed by atoms with van der Waals surface area (Å²) in [5.41, 5.74) is 2.43. The Morgan fingerprint density at radius 2 is 1.94 bits per heavy atom. The first-order chi connectivity index (χ1) is 15.0. The van der Waals surface area contributed by atoms with Gasteiger partial charge in [0.05, 0.1) is 22.9 Å². The largest absolute Gasteiger partial charge is 0.465 e. The second kappa shape index (κ2) is 8.23. The van der Waals surface area contributed by atoms with Crippen molar-refractivity contribution < 1.29 is 14.5 Å². The molecule has 0 saturated carbocycles. The highest BCUT2D eigenvalue weighted by atomic mass is 16.6. The number of non-ortho nitro benzene ring substituents is 1. The molecule has 1 N–H and O–H groups in total. The van der Waals surface area contributed by atoms with Gasteiger partial charge in [0.2, 0.25) is 0 Å². The van der Waals surface area contributed by atoms with Gasteiger partial charge in [-0.2, -0.15) is 4.98 Å². The number of para-hydroxylation sites is 1. The molecule has 31 heavy (non-hydrogen) atoms. The Morgan fingerprint density at radius 3 is 2.65 bits per heavy atom. The van der Waals surface area contributed by atoms with Crippen LogP contribution >= 0.6 is 0 Å². The Balaban J connectivity index is 1.80. The minimum atomic E-state index is -0.548. The summed E-state index contributed by atoms with van der Waals surface area (Å²) in [5.74, 6) is -0.357. The fraction of sp³-hybridized carbons (Fsp3) is 0.136. The number of nitrogens with zero attached hydrogens (tertiary/aromatic N) is 3. The molecular weight excluding hydrogens is 400 g/mol. The summed E-state index contributed by atoms with van der Waals surface area (Å²) >= 11 is 0. The first-order valence-electron chi connectivity index (χ1n) is 9.56. The third kappa shape index (κ3) is 4.06. The molecule has 4 aromatic rings. The summed E-state index contributed by atoms with van der Waals surface area (Å²) in [7, 11) is 0. The number of hydrogen-bond acceptors (Lipinski definition) is 6. The molecule has 0 unspecified atom stereocenters. The summed E-state index contributed by atoms with van der Waals surface area (Å²) in [4.78, 5) is 41.4. The van der Waals surface area contributed by atoms with Crippen LogP contribution in [0.2, 0.25) is 0 Å². The number of hydrogen-bond donors (Lipinski definition) is 1. The average molecular weight is 418 g/mol. The second-order valence-electron chi connectivity index (χ2n) is 6.78. The van der Waals surface area contributed by atoms with Crippen LogP contribution in [0.15, 0.2) is 65.6 Å². The molecule has 0 aliphatic rings. The zero-order chi connectivity index (χ0) is 22.0. The molecule has 0 radical (unpaired) electrons. The Labute approximate surface area is 176 Å². The summed E-state index contributed by atoms with van der Waals surface area (Å²) < 4.78 is 6.83. The minimum absolute atomic E-state index is 0.0406. The lowest BCUT2D eigenvalue weighted by atomic mass is 10.1. The van der Waals surface area contributed by atoms with Crippen molar-refractivity contribution in [3.8, 4) is 22.5 Å². The predicted octanol–water partition coefficient (Wildman–Crippen LogP) is 3.53. The van der Waals surface area contributed by atoms with Gasteiger partial charge in [0.1, 0.15) is 6.54 Å². The van der Waals surface area contributed by atoms with Gasteiger partial charge < -0.3 is 14.3 Å². The van der Waals surface area contributed by atoms with Gasteiger partial charge in [0.15, 0.2) is 0 Å². The summed E-state index contributed by atoms with van der Waals surface area (Å²) in [5, 5.41) is 11.7. The van der Waals surface area contributed by atoms with Crippen molar-refractivity contribution in [1.82, 2.24) is 14.5 Å². The van der Waals surface area contributed by atoms with Crippen LogP contribution in [0, 0.1) is 10.1 Å². The van der Waals surface area contributed by atoms with E-state index in [1.807, 2.05) is 24.3 Å². The summed E-state index contributed by atoms with van der Waals surface area (Å²) in [6.07, 6.45) is 1.78. The standard InChI is InChI=1S/C22H18N4O5/c1-2-31-21(27)13-25-12-17(16-5-3-4-6-20(16)25)19-11-18(23-22(28)24-19)14-7-9-15(10-8-14)26(29)30/h3-12H,2,13H2,1H3,(H,23,24,28). The maximum atomic E-state index is 12.3. The van der Waals surface area contributed by atoms with Crippen LogP contribution < -0.4 is 5.69 Å². The number of ether oxygens (including phenoxy) is 1. The van der Waals surface area contributed by atoms with E-state index in [4.69, 9.17) is 4.74 Å². The van der Waals surface area contributed by atoms with Crippen LogP contribution in [0.25, 0.3) is 33.4 Å². The van der Waals surface area contributed by atoms with Crippen LogP contribution in [0.3, 0.4) is 0 Å². The van der Waals surface area contributed by atoms with E-state index in [1.165, 1.54) is 12.1 Å². The molecule has 4 rings (SSSR count). The molecule has 0 saturated heterocycles. The quantitative estimate of drug-likeness (QED) is 0.291. The Kier molecular flexibility index (Phi) is 5.31. The molecule has 0 aliphatic heterocycles. The van der Waals surface area contributed by atoms with E-state index in [2.05, 4.69) is 9.97 Å². The number of nitrogens with one attached hydrogen (secondary N) is 1. The fourth-order valence-corrected chi connectivity index (χ4v) is 3.44. The molecule has 2 aromatic heterocycles. The zero-order valence-electron chi connectivity index (χ0n) is 16.6. The molecule has 2 aromatic carbocycles. The normalized spacial score (nSPS) is 10.9. The monoisotopic (exact) mass is 418 g/mol. The van der Waals surface area contributed by atoms with Crippen molar-refractivity contribution in [3.05, 3.63) is 81.4 Å². The lowest BCUT2D eigenvalue weighted by molar-refractivity contribution is -0.384. The highest BCUT2D eigenvalue weighted by Gasteiger charge is 2.15. The summed E-state index contributed by atoms with van der Waals surface area (Å²) in [6, 6.07) is 15.1. The molecule has 0 atom stereocenters. The number of benzene rings is 2. The summed E-state index contributed by atoms with van der Waals surface area (Å²) in [6.45, 7) is 2.08. The number of nitro benzene ring substituents is 1. The van der Waals surface area contributed by atoms with E-state index in [-0.39, 0.29) is 18.2 Å². The lowest BCUT2D eigenvalue weighted by Gasteiger charge is -2.05. The van der Waals surface area contributed by atoms with Gasteiger partial charge >= 0.3 is 11.7 Å². The van der Waals surface area contributed by atoms with Crippen molar-refractivity contribution in [2.24, 2.45) is 0 Å². The maximum absolute atomic E-state index is 12.3. The molecule has 0 amide bonds. The smallest absolute Gasteiger partial charge is 0.345 e. The number of H-pyrrole nitrogens is 1. The van der Waals surface area contributed by atoms with E-state index in [0.29, 0.717) is 23.6 Å². The molecule has 0 aliphatic carbocycles. The highest BCUT2D eigenvalue weighted by molar-refractivity contribution is 5.96. The molecule has 156 valence electrons. The van der Waals surface area contributed by atoms with Crippen molar-refractivity contribution in [3.63, 3.8) is 0 Å². The van der Waals surface area contributed by atoms with E-state index < -0.39 is 10.6 Å². The number of rotatable bonds is 6. The number of nitro groups is 1. The number of carbonyl (C=O) groups excluding carboxylic acids is 1. The minimum Gasteiger partial charge on any atom is -0.465 e. The van der Waals surface area contributed by atoms with Gasteiger partial charge in [-0.25, -0.2) is 4.79 Å². The number of carbonyl (C=O) groups is 1. The first-order valence-corrected chi connectivity index (χ1v) is 9.56. The van der Waals surface area contributed by atoms with E-state index in [0.717, 1.165) is 16.5 Å². The van der Waals surface area contributed by atoms with Gasteiger partial charge in [-0.3, -0.25) is 14.9 Å². The molecule has 0 spiro atoms. The highest BCUT2D eigenvalue weighted by Crippen LogP contribution is 2.31. The van der Waals surface area contributed by atoms with E-state index >= 15 is 0 Å². The van der Waals surface area contributed by atoms with E-state index in [9.17, 15) is 19.7 Å². The van der Waals surface area contributed by atoms with Gasteiger partial charge in [-0.05, 0) is 31.2 Å². The van der Waals surface area contributed by atoms with Crippen LogP contribution in [0.1, 0.15) is 6.92 Å². The van der Waals surface area contributed by atoms with Gasteiger partial charge in [0, 0.05) is 40.4 Å².